The zero-order chi connectivity index (χ0) is 18.8. The van der Waals surface area contributed by atoms with Crippen molar-refractivity contribution in [2.24, 2.45) is 5.73 Å². The molecular formula is C18H17NO7. The molecule has 0 amide bonds. The highest BCUT2D eigenvalue weighted by molar-refractivity contribution is 5.92. The van der Waals surface area contributed by atoms with Crippen molar-refractivity contribution in [1.82, 2.24) is 0 Å². The Morgan fingerprint density at radius 1 is 1.31 bits per heavy atom. The van der Waals surface area contributed by atoms with Crippen LogP contribution in [-0.2, 0) is 16.1 Å². The van der Waals surface area contributed by atoms with E-state index in [1.165, 1.54) is 14.2 Å². The summed E-state index contributed by atoms with van der Waals surface area (Å²) in [7, 11) is 2.72. The number of carbonyl (C=O) groups is 1. The lowest BCUT2D eigenvalue weighted by Gasteiger charge is -2.26. The first-order valence-electron chi connectivity index (χ1n) is 7.67. The predicted molar refractivity (Wildman–Crippen MR) is 89.6 cm³/mol. The van der Waals surface area contributed by atoms with Crippen LogP contribution in [0.1, 0.15) is 23.0 Å². The zero-order valence-electron chi connectivity index (χ0n) is 14.1. The first kappa shape index (κ1) is 17.6. The number of aliphatic hydroxyl groups is 1. The maximum atomic E-state index is 12.3. The minimum Gasteiger partial charge on any atom is -0.497 e. The van der Waals surface area contributed by atoms with Gasteiger partial charge in [-0.15, -0.1) is 0 Å². The van der Waals surface area contributed by atoms with Crippen molar-refractivity contribution in [3.8, 4) is 11.5 Å². The van der Waals surface area contributed by atoms with Crippen molar-refractivity contribution >= 4 is 5.97 Å². The van der Waals surface area contributed by atoms with Crippen LogP contribution in [0, 0.1) is 0 Å². The van der Waals surface area contributed by atoms with Crippen molar-refractivity contribution < 1.29 is 28.5 Å². The Hall–Kier alpha value is -3.26. The topological polar surface area (TPSA) is 121 Å². The van der Waals surface area contributed by atoms with Crippen LogP contribution in [0.2, 0.25) is 0 Å². The van der Waals surface area contributed by atoms with E-state index in [4.69, 9.17) is 24.4 Å². The fraction of sp³-hybridized carbons (Fsp3) is 0.222. The maximum absolute atomic E-state index is 12.3. The van der Waals surface area contributed by atoms with Gasteiger partial charge in [0, 0.05) is 6.07 Å². The monoisotopic (exact) mass is 359 g/mol. The predicted octanol–water partition coefficient (Wildman–Crippen LogP) is 1.01. The Bertz CT molecular complexity index is 945. The van der Waals surface area contributed by atoms with E-state index in [0.717, 1.165) is 6.07 Å². The summed E-state index contributed by atoms with van der Waals surface area (Å²) >= 11 is 0. The number of ether oxygens (including phenoxy) is 3. The van der Waals surface area contributed by atoms with Crippen LogP contribution in [0.25, 0.3) is 0 Å². The van der Waals surface area contributed by atoms with Gasteiger partial charge in [0.1, 0.15) is 23.7 Å². The summed E-state index contributed by atoms with van der Waals surface area (Å²) in [5.74, 6) is -1.33. The lowest BCUT2D eigenvalue weighted by Crippen LogP contribution is -2.29. The Balaban J connectivity index is 2.30. The van der Waals surface area contributed by atoms with E-state index in [2.05, 4.69) is 0 Å². The number of rotatable bonds is 4. The molecule has 26 heavy (non-hydrogen) atoms. The molecule has 1 atom stereocenters. The van der Waals surface area contributed by atoms with E-state index in [1.807, 2.05) is 0 Å². The fourth-order valence-electron chi connectivity index (χ4n) is 2.82. The molecule has 2 heterocycles. The summed E-state index contributed by atoms with van der Waals surface area (Å²) in [5, 5.41) is 9.35. The van der Waals surface area contributed by atoms with Gasteiger partial charge in [0.2, 0.25) is 17.1 Å². The van der Waals surface area contributed by atoms with Crippen molar-refractivity contribution in [3.05, 3.63) is 69.1 Å². The van der Waals surface area contributed by atoms with Gasteiger partial charge in [-0.2, -0.15) is 0 Å². The van der Waals surface area contributed by atoms with E-state index in [0.29, 0.717) is 11.3 Å². The summed E-state index contributed by atoms with van der Waals surface area (Å²) in [6.45, 7) is -0.486. The summed E-state index contributed by atoms with van der Waals surface area (Å²) in [6, 6.07) is 7.97. The number of esters is 1. The van der Waals surface area contributed by atoms with E-state index in [-0.39, 0.29) is 28.7 Å². The molecule has 0 bridgehead atoms. The molecule has 1 unspecified atom stereocenters. The highest BCUT2D eigenvalue weighted by Gasteiger charge is 2.39. The summed E-state index contributed by atoms with van der Waals surface area (Å²) in [5.41, 5.74) is 5.96. The van der Waals surface area contributed by atoms with E-state index in [9.17, 15) is 14.7 Å². The standard InChI is InChI=1S/C18H17NO7/c1-23-10-5-3-4-9(6-10)13-14(18(22)24-2)17(19)26-15-12(21)7-11(8-20)25-16(13)15/h3-7,13,20H,8,19H2,1-2H3. The quantitative estimate of drug-likeness (QED) is 0.776. The van der Waals surface area contributed by atoms with Crippen molar-refractivity contribution in [3.63, 3.8) is 0 Å². The molecule has 0 aliphatic carbocycles. The second kappa shape index (κ2) is 6.93. The molecule has 3 rings (SSSR count). The van der Waals surface area contributed by atoms with Gasteiger partial charge in [0.25, 0.3) is 0 Å². The number of nitrogens with two attached hydrogens (primary N) is 1. The number of methoxy groups -OCH3 is 2. The maximum Gasteiger partial charge on any atom is 0.340 e. The smallest absolute Gasteiger partial charge is 0.340 e. The van der Waals surface area contributed by atoms with Crippen LogP contribution in [0.4, 0.5) is 0 Å². The van der Waals surface area contributed by atoms with Crippen LogP contribution in [0.15, 0.2) is 51.0 Å². The molecule has 0 radical (unpaired) electrons. The average Bonchev–Trinajstić information content (AvgIpc) is 2.66. The summed E-state index contributed by atoms with van der Waals surface area (Å²) in [4.78, 5) is 24.6. The highest BCUT2D eigenvalue weighted by atomic mass is 16.5. The number of carbonyl (C=O) groups excluding carboxylic acids is 1. The van der Waals surface area contributed by atoms with Crippen LogP contribution in [0.5, 0.6) is 11.5 Å². The molecule has 2 aromatic rings. The van der Waals surface area contributed by atoms with Gasteiger partial charge in [0.05, 0.1) is 20.1 Å². The number of fused-ring (bicyclic) bond motifs is 1. The van der Waals surface area contributed by atoms with Gasteiger partial charge in [-0.1, -0.05) is 12.1 Å². The third-order valence-corrected chi connectivity index (χ3v) is 4.00. The zero-order valence-corrected chi connectivity index (χ0v) is 14.1. The largest absolute Gasteiger partial charge is 0.497 e. The van der Waals surface area contributed by atoms with Gasteiger partial charge >= 0.3 is 5.97 Å². The summed E-state index contributed by atoms with van der Waals surface area (Å²) in [6.07, 6.45) is 0. The highest BCUT2D eigenvalue weighted by Crippen LogP contribution is 2.42. The van der Waals surface area contributed by atoms with E-state index < -0.39 is 23.9 Å². The molecule has 1 aromatic heterocycles. The Morgan fingerprint density at radius 3 is 2.73 bits per heavy atom. The molecule has 0 fully saturated rings. The average molecular weight is 359 g/mol. The molecule has 8 nitrogen and oxygen atoms in total. The minimum atomic E-state index is -0.861. The molecule has 1 aliphatic rings. The van der Waals surface area contributed by atoms with Crippen LogP contribution >= 0.6 is 0 Å². The normalized spacial score (nSPS) is 15.9. The Kier molecular flexibility index (Phi) is 4.68. The Labute approximate surface area is 148 Å². The van der Waals surface area contributed by atoms with Crippen molar-refractivity contribution in [1.29, 1.82) is 0 Å². The molecular weight excluding hydrogens is 342 g/mol. The number of benzene rings is 1. The third-order valence-electron chi connectivity index (χ3n) is 4.00. The molecule has 1 aliphatic heterocycles. The molecule has 3 N–H and O–H groups in total. The second-order valence-corrected chi connectivity index (χ2v) is 5.51. The van der Waals surface area contributed by atoms with Gasteiger partial charge in [-0.25, -0.2) is 4.79 Å². The number of aliphatic hydroxyl groups excluding tert-OH is 1. The molecule has 0 saturated heterocycles. The number of hydrogen-bond acceptors (Lipinski definition) is 8. The lowest BCUT2D eigenvalue weighted by atomic mass is 9.86. The van der Waals surface area contributed by atoms with Crippen LogP contribution in [-0.4, -0.2) is 25.3 Å². The fourth-order valence-corrected chi connectivity index (χ4v) is 2.82. The second-order valence-electron chi connectivity index (χ2n) is 5.51. The first-order valence-corrected chi connectivity index (χ1v) is 7.67. The van der Waals surface area contributed by atoms with Gasteiger partial charge in [-0.3, -0.25) is 4.79 Å². The van der Waals surface area contributed by atoms with Crippen molar-refractivity contribution in [2.45, 2.75) is 12.5 Å². The van der Waals surface area contributed by atoms with Crippen LogP contribution < -0.4 is 20.6 Å². The SMILES string of the molecule is COC(=O)C1=C(N)Oc2c(oc(CO)cc2=O)C1c1cccc(OC)c1. The Morgan fingerprint density at radius 2 is 2.08 bits per heavy atom. The van der Waals surface area contributed by atoms with Gasteiger partial charge in [-0.05, 0) is 17.7 Å². The van der Waals surface area contributed by atoms with Crippen molar-refractivity contribution in [2.75, 3.05) is 14.2 Å². The van der Waals surface area contributed by atoms with E-state index in [1.54, 1.807) is 24.3 Å². The number of hydrogen-bond donors (Lipinski definition) is 2. The molecule has 1 aromatic carbocycles. The molecule has 8 heteroatoms. The molecule has 136 valence electrons. The minimum absolute atomic E-state index is 0.00788. The molecule has 0 saturated carbocycles. The lowest BCUT2D eigenvalue weighted by molar-refractivity contribution is -0.136. The van der Waals surface area contributed by atoms with Gasteiger partial charge < -0.3 is 29.5 Å². The first-order chi connectivity index (χ1) is 12.5. The molecule has 0 spiro atoms. The van der Waals surface area contributed by atoms with Gasteiger partial charge in [0.15, 0.2) is 5.76 Å². The third kappa shape index (κ3) is 2.91. The van der Waals surface area contributed by atoms with Crippen LogP contribution in [0.3, 0.4) is 0 Å². The summed E-state index contributed by atoms with van der Waals surface area (Å²) < 4.78 is 21.0. The van der Waals surface area contributed by atoms with E-state index >= 15 is 0 Å².